The number of fused-ring (bicyclic) bond motifs is 1. The lowest BCUT2D eigenvalue weighted by Crippen LogP contribution is -2.27. The van der Waals surface area contributed by atoms with E-state index in [1.54, 1.807) is 15.8 Å². The number of ether oxygens (including phenoxy) is 2. The van der Waals surface area contributed by atoms with E-state index in [2.05, 4.69) is 23.4 Å². The number of aliphatic hydroxyl groups is 1. The van der Waals surface area contributed by atoms with Gasteiger partial charge in [0.1, 0.15) is 17.1 Å². The first-order valence-electron chi connectivity index (χ1n) is 12.1. The minimum Gasteiger partial charge on any atom is -0.493 e. The summed E-state index contributed by atoms with van der Waals surface area (Å²) in [6.45, 7) is 4.46. The average Bonchev–Trinajstić information content (AvgIpc) is 3.29. The molecular formula is C27H27F2N5O4. The van der Waals surface area contributed by atoms with Crippen molar-refractivity contribution < 1.29 is 28.2 Å². The number of pyridine rings is 1. The van der Waals surface area contributed by atoms with Gasteiger partial charge in [0.15, 0.2) is 23.1 Å². The van der Waals surface area contributed by atoms with Gasteiger partial charge in [-0.15, -0.1) is 0 Å². The Labute approximate surface area is 217 Å². The van der Waals surface area contributed by atoms with E-state index in [0.29, 0.717) is 49.7 Å². The molecular weight excluding hydrogens is 496 g/mol. The number of halogens is 2. The quantitative estimate of drug-likeness (QED) is 0.377. The molecule has 0 bridgehead atoms. The standard InChI is InChI=1S/C27H27F2N5O4/c1-4-21(35)33-10-7-16(14-33)34-25-15(12-27(36)8-9-27)13-31-26(30)22(25)18(32-34)6-5-17-23(28)19(37-2)11-20(38-3)24(17)29/h4,11,13,16,36H,1,7-10,12,14H2,2-3H3,(H2,30,31)/t16-/m0/s1. The van der Waals surface area contributed by atoms with Gasteiger partial charge in [-0.25, -0.2) is 13.8 Å². The fraction of sp³-hybridized carbons (Fsp3) is 0.370. The molecule has 0 unspecified atom stereocenters. The third kappa shape index (κ3) is 4.41. The van der Waals surface area contributed by atoms with Crippen LogP contribution < -0.4 is 15.2 Å². The molecule has 2 fully saturated rings. The van der Waals surface area contributed by atoms with Crippen LogP contribution in [0.25, 0.3) is 10.9 Å². The summed E-state index contributed by atoms with van der Waals surface area (Å²) in [5, 5.41) is 15.8. The molecule has 198 valence electrons. The van der Waals surface area contributed by atoms with Gasteiger partial charge < -0.3 is 25.2 Å². The molecule has 1 saturated heterocycles. The van der Waals surface area contributed by atoms with Gasteiger partial charge in [-0.1, -0.05) is 12.5 Å². The van der Waals surface area contributed by atoms with Crippen LogP contribution in [0.15, 0.2) is 24.9 Å². The number of nitrogens with two attached hydrogens (primary N) is 1. The second kappa shape index (κ2) is 9.61. The van der Waals surface area contributed by atoms with Crippen LogP contribution in [0, 0.1) is 23.5 Å². The molecule has 2 aliphatic rings. The predicted octanol–water partition coefficient (Wildman–Crippen LogP) is 2.74. The molecule has 1 aliphatic carbocycles. The smallest absolute Gasteiger partial charge is 0.246 e. The lowest BCUT2D eigenvalue weighted by molar-refractivity contribution is -0.125. The number of carbonyl (C=O) groups is 1. The summed E-state index contributed by atoms with van der Waals surface area (Å²) < 4.78 is 41.6. The van der Waals surface area contributed by atoms with Crippen molar-refractivity contribution in [2.24, 2.45) is 0 Å². The average molecular weight is 524 g/mol. The van der Waals surface area contributed by atoms with Crippen LogP contribution in [0.1, 0.15) is 42.1 Å². The van der Waals surface area contributed by atoms with Crippen molar-refractivity contribution in [2.75, 3.05) is 33.0 Å². The van der Waals surface area contributed by atoms with Gasteiger partial charge in [-0.05, 0) is 36.8 Å². The maximum Gasteiger partial charge on any atom is 0.246 e. The van der Waals surface area contributed by atoms with E-state index in [9.17, 15) is 18.7 Å². The Morgan fingerprint density at radius 1 is 1.29 bits per heavy atom. The summed E-state index contributed by atoms with van der Waals surface area (Å²) in [7, 11) is 2.51. The van der Waals surface area contributed by atoms with E-state index in [1.165, 1.54) is 20.3 Å². The number of hydrogen-bond acceptors (Lipinski definition) is 7. The lowest BCUT2D eigenvalue weighted by atomic mass is 10.0. The largest absolute Gasteiger partial charge is 0.493 e. The van der Waals surface area contributed by atoms with E-state index >= 15 is 0 Å². The highest BCUT2D eigenvalue weighted by Crippen LogP contribution is 2.41. The van der Waals surface area contributed by atoms with Gasteiger partial charge in [0.2, 0.25) is 5.91 Å². The van der Waals surface area contributed by atoms with Gasteiger partial charge in [0, 0.05) is 31.8 Å². The fourth-order valence-electron chi connectivity index (χ4n) is 4.80. The SMILES string of the molecule is C=CC(=O)N1CC[C@H](n2nc(C#Cc3c(F)c(OC)cc(OC)c3F)c3c(N)ncc(CC4(O)CC4)c32)C1. The molecule has 1 saturated carbocycles. The third-order valence-electron chi connectivity index (χ3n) is 7.05. The minimum absolute atomic E-state index is 0.142. The Morgan fingerprint density at radius 2 is 1.97 bits per heavy atom. The molecule has 11 heteroatoms. The molecule has 5 rings (SSSR count). The first kappa shape index (κ1) is 25.5. The maximum absolute atomic E-state index is 14.9. The molecule has 3 N–H and O–H groups in total. The van der Waals surface area contributed by atoms with Crippen molar-refractivity contribution in [2.45, 2.75) is 37.3 Å². The Hall–Kier alpha value is -4.17. The number of aromatic nitrogens is 3. The highest BCUT2D eigenvalue weighted by Gasteiger charge is 2.41. The summed E-state index contributed by atoms with van der Waals surface area (Å²) >= 11 is 0. The van der Waals surface area contributed by atoms with Crippen molar-refractivity contribution in [3.05, 3.63) is 53.4 Å². The summed E-state index contributed by atoms with van der Waals surface area (Å²) in [6.07, 6.45) is 5.17. The Balaban J connectivity index is 1.67. The molecule has 1 aliphatic heterocycles. The lowest BCUT2D eigenvalue weighted by Gasteiger charge is -2.17. The number of hydrogen-bond donors (Lipinski definition) is 2. The van der Waals surface area contributed by atoms with E-state index in [1.807, 2.05) is 0 Å². The normalized spacial score (nSPS) is 17.7. The van der Waals surface area contributed by atoms with Gasteiger partial charge in [-0.3, -0.25) is 9.48 Å². The summed E-state index contributed by atoms with van der Waals surface area (Å²) in [5.41, 5.74) is 6.44. The van der Waals surface area contributed by atoms with Crippen LogP contribution in [-0.4, -0.2) is 63.6 Å². The molecule has 0 spiro atoms. The van der Waals surface area contributed by atoms with Crippen molar-refractivity contribution in [3.63, 3.8) is 0 Å². The molecule has 1 atom stereocenters. The first-order chi connectivity index (χ1) is 18.2. The number of benzene rings is 1. The number of nitrogens with zero attached hydrogens (tertiary/aromatic N) is 4. The zero-order valence-electron chi connectivity index (χ0n) is 21.1. The van der Waals surface area contributed by atoms with Crippen LogP contribution in [0.2, 0.25) is 0 Å². The van der Waals surface area contributed by atoms with Gasteiger partial charge in [0.05, 0.1) is 36.8 Å². The van der Waals surface area contributed by atoms with Crippen molar-refractivity contribution in [1.29, 1.82) is 0 Å². The van der Waals surface area contributed by atoms with Crippen LogP contribution in [0.5, 0.6) is 11.5 Å². The van der Waals surface area contributed by atoms with Crippen molar-refractivity contribution in [3.8, 4) is 23.3 Å². The third-order valence-corrected chi connectivity index (χ3v) is 7.05. The van der Waals surface area contributed by atoms with Crippen LogP contribution in [0.3, 0.4) is 0 Å². The minimum atomic E-state index is -0.973. The molecule has 3 heterocycles. The topological polar surface area (TPSA) is 116 Å². The molecule has 1 aromatic carbocycles. The molecule has 38 heavy (non-hydrogen) atoms. The molecule has 1 amide bonds. The van der Waals surface area contributed by atoms with E-state index in [4.69, 9.17) is 20.3 Å². The van der Waals surface area contributed by atoms with Gasteiger partial charge in [0.25, 0.3) is 0 Å². The summed E-state index contributed by atoms with van der Waals surface area (Å²) in [6, 6.07) is 0.893. The van der Waals surface area contributed by atoms with Crippen molar-refractivity contribution in [1.82, 2.24) is 19.7 Å². The Kier molecular flexibility index (Phi) is 6.44. The summed E-state index contributed by atoms with van der Waals surface area (Å²) in [4.78, 5) is 18.2. The molecule has 0 radical (unpaired) electrons. The van der Waals surface area contributed by atoms with E-state index in [0.717, 1.165) is 11.6 Å². The fourth-order valence-corrected chi connectivity index (χ4v) is 4.80. The zero-order chi connectivity index (χ0) is 27.2. The van der Waals surface area contributed by atoms with Gasteiger partial charge in [-0.2, -0.15) is 5.10 Å². The number of carbonyl (C=O) groups excluding carboxylic acids is 1. The second-order valence-corrected chi connectivity index (χ2v) is 9.55. The predicted molar refractivity (Wildman–Crippen MR) is 136 cm³/mol. The molecule has 2 aromatic heterocycles. The monoisotopic (exact) mass is 523 g/mol. The van der Waals surface area contributed by atoms with Gasteiger partial charge >= 0.3 is 0 Å². The Bertz CT molecular complexity index is 1490. The maximum atomic E-state index is 14.9. The number of nitrogen functional groups attached to an aromatic ring is 1. The number of rotatable bonds is 6. The number of likely N-dealkylation sites (tertiary alicyclic amines) is 1. The van der Waals surface area contributed by atoms with E-state index in [-0.39, 0.29) is 35.0 Å². The highest BCUT2D eigenvalue weighted by atomic mass is 19.1. The van der Waals surface area contributed by atoms with E-state index < -0.39 is 22.8 Å². The first-order valence-corrected chi connectivity index (χ1v) is 12.1. The number of methoxy groups -OCH3 is 2. The van der Waals surface area contributed by atoms with Crippen molar-refractivity contribution >= 4 is 22.6 Å². The van der Waals surface area contributed by atoms with Crippen LogP contribution >= 0.6 is 0 Å². The highest BCUT2D eigenvalue weighted by molar-refractivity contribution is 5.95. The van der Waals surface area contributed by atoms with Crippen LogP contribution in [-0.2, 0) is 11.2 Å². The second-order valence-electron chi connectivity index (χ2n) is 9.55. The number of anilines is 1. The zero-order valence-corrected chi connectivity index (χ0v) is 21.1. The Morgan fingerprint density at radius 3 is 2.58 bits per heavy atom. The molecule has 3 aromatic rings. The molecule has 9 nitrogen and oxygen atoms in total. The summed E-state index contributed by atoms with van der Waals surface area (Å²) in [5.74, 6) is 2.88. The van der Waals surface area contributed by atoms with Crippen LogP contribution in [0.4, 0.5) is 14.6 Å². The number of amides is 1.